The second-order valence-electron chi connectivity index (χ2n) is 5.01. The number of hydrogen-bond acceptors (Lipinski definition) is 5. The highest BCUT2D eigenvalue weighted by Gasteiger charge is 2.26. The highest BCUT2D eigenvalue weighted by Crippen LogP contribution is 2.25. The number of piperazine rings is 1. The molecule has 1 fully saturated rings. The van der Waals surface area contributed by atoms with Crippen LogP contribution in [0.1, 0.15) is 6.92 Å². The minimum absolute atomic E-state index is 0.185. The van der Waals surface area contributed by atoms with Crippen molar-refractivity contribution < 1.29 is 4.39 Å². The Morgan fingerprint density at radius 2 is 2.19 bits per heavy atom. The Morgan fingerprint density at radius 1 is 1.33 bits per heavy atom. The predicted molar refractivity (Wildman–Crippen MR) is 82.9 cm³/mol. The molecule has 7 heteroatoms. The summed E-state index contributed by atoms with van der Waals surface area (Å²) in [5, 5.41) is 0. The van der Waals surface area contributed by atoms with E-state index in [1.807, 2.05) is 6.07 Å². The van der Waals surface area contributed by atoms with Crippen molar-refractivity contribution in [3.63, 3.8) is 0 Å². The van der Waals surface area contributed by atoms with E-state index in [1.165, 1.54) is 6.20 Å². The lowest BCUT2D eigenvalue weighted by molar-refractivity contribution is 0.529. The number of aromatic nitrogens is 3. The van der Waals surface area contributed by atoms with Crippen LogP contribution in [0.5, 0.6) is 0 Å². The van der Waals surface area contributed by atoms with Gasteiger partial charge in [0.2, 0.25) is 0 Å². The SMILES string of the molecule is CC1CN(c2cc(Br)ncn2)CCN1c1ccncc1F. The molecule has 0 aromatic carbocycles. The molecule has 1 atom stereocenters. The number of anilines is 2. The molecule has 0 amide bonds. The summed E-state index contributed by atoms with van der Waals surface area (Å²) in [4.78, 5) is 16.4. The molecule has 21 heavy (non-hydrogen) atoms. The lowest BCUT2D eigenvalue weighted by atomic mass is 10.1. The first-order valence-electron chi connectivity index (χ1n) is 6.74. The van der Waals surface area contributed by atoms with E-state index >= 15 is 0 Å². The first-order valence-corrected chi connectivity index (χ1v) is 7.53. The predicted octanol–water partition coefficient (Wildman–Crippen LogP) is 2.49. The normalized spacial score (nSPS) is 18.9. The van der Waals surface area contributed by atoms with E-state index in [0.29, 0.717) is 5.69 Å². The van der Waals surface area contributed by atoms with Gasteiger partial charge < -0.3 is 9.80 Å². The minimum atomic E-state index is -0.275. The molecule has 0 radical (unpaired) electrons. The van der Waals surface area contributed by atoms with E-state index in [1.54, 1.807) is 18.6 Å². The molecule has 1 aliphatic rings. The fourth-order valence-corrected chi connectivity index (χ4v) is 2.92. The smallest absolute Gasteiger partial charge is 0.164 e. The second-order valence-corrected chi connectivity index (χ2v) is 5.83. The Labute approximate surface area is 131 Å². The van der Waals surface area contributed by atoms with Gasteiger partial charge in [0.15, 0.2) is 5.82 Å². The molecule has 3 rings (SSSR count). The van der Waals surface area contributed by atoms with Crippen LogP contribution in [0.25, 0.3) is 0 Å². The Hall–Kier alpha value is -1.76. The summed E-state index contributed by atoms with van der Waals surface area (Å²) in [6, 6.07) is 3.81. The molecule has 1 saturated heterocycles. The standard InChI is InChI=1S/C14H15BrFN5/c1-10-8-20(14-6-13(15)18-9-19-14)4-5-21(10)12-2-3-17-7-11(12)16/h2-3,6-7,9-10H,4-5,8H2,1H3. The fraction of sp³-hybridized carbons (Fsp3) is 0.357. The molecule has 3 heterocycles. The third kappa shape index (κ3) is 2.97. The van der Waals surface area contributed by atoms with Crippen LogP contribution in [-0.4, -0.2) is 40.6 Å². The highest BCUT2D eigenvalue weighted by atomic mass is 79.9. The molecule has 0 saturated carbocycles. The molecule has 1 unspecified atom stereocenters. The van der Waals surface area contributed by atoms with Gasteiger partial charge in [-0.1, -0.05) is 0 Å². The average Bonchev–Trinajstić information content (AvgIpc) is 2.48. The summed E-state index contributed by atoms with van der Waals surface area (Å²) in [6.07, 6.45) is 4.42. The van der Waals surface area contributed by atoms with Crippen LogP contribution in [0.2, 0.25) is 0 Å². The van der Waals surface area contributed by atoms with E-state index in [4.69, 9.17) is 0 Å². The first-order chi connectivity index (χ1) is 10.1. The Bertz CT molecular complexity index is 638. The molecular formula is C14H15BrFN5. The van der Waals surface area contributed by atoms with E-state index < -0.39 is 0 Å². The third-order valence-electron chi connectivity index (χ3n) is 3.63. The summed E-state index contributed by atoms with van der Waals surface area (Å²) in [5.74, 6) is 0.612. The van der Waals surface area contributed by atoms with Crippen molar-refractivity contribution in [2.75, 3.05) is 29.4 Å². The van der Waals surface area contributed by atoms with E-state index in [0.717, 1.165) is 30.1 Å². The van der Waals surface area contributed by atoms with Crippen molar-refractivity contribution in [1.82, 2.24) is 15.0 Å². The molecule has 1 aliphatic heterocycles. The Kier molecular flexibility index (Phi) is 4.01. The lowest BCUT2D eigenvalue weighted by Crippen LogP contribution is -2.52. The summed E-state index contributed by atoms with van der Waals surface area (Å²) in [5.41, 5.74) is 0.612. The van der Waals surface area contributed by atoms with Crippen LogP contribution in [0.15, 0.2) is 35.5 Å². The van der Waals surface area contributed by atoms with E-state index in [2.05, 4.69) is 47.6 Å². The largest absolute Gasteiger partial charge is 0.363 e. The zero-order valence-electron chi connectivity index (χ0n) is 11.6. The van der Waals surface area contributed by atoms with Gasteiger partial charge in [0.1, 0.15) is 16.7 Å². The van der Waals surface area contributed by atoms with Gasteiger partial charge in [0.25, 0.3) is 0 Å². The maximum atomic E-state index is 13.9. The van der Waals surface area contributed by atoms with Gasteiger partial charge in [-0.2, -0.15) is 0 Å². The molecule has 110 valence electrons. The third-order valence-corrected chi connectivity index (χ3v) is 4.06. The zero-order valence-corrected chi connectivity index (χ0v) is 13.2. The van der Waals surface area contributed by atoms with Crippen LogP contribution in [-0.2, 0) is 0 Å². The van der Waals surface area contributed by atoms with Crippen LogP contribution >= 0.6 is 15.9 Å². The summed E-state index contributed by atoms with van der Waals surface area (Å²) >= 11 is 3.36. The van der Waals surface area contributed by atoms with Gasteiger partial charge in [-0.15, -0.1) is 0 Å². The van der Waals surface area contributed by atoms with Crippen LogP contribution < -0.4 is 9.80 Å². The van der Waals surface area contributed by atoms with E-state index in [9.17, 15) is 4.39 Å². The lowest BCUT2D eigenvalue weighted by Gasteiger charge is -2.41. The number of rotatable bonds is 2. The molecule has 0 aliphatic carbocycles. The van der Waals surface area contributed by atoms with Gasteiger partial charge in [0.05, 0.1) is 11.9 Å². The van der Waals surface area contributed by atoms with Crippen molar-refractivity contribution in [3.8, 4) is 0 Å². The number of hydrogen-bond donors (Lipinski definition) is 0. The van der Waals surface area contributed by atoms with E-state index in [-0.39, 0.29) is 11.9 Å². The van der Waals surface area contributed by atoms with Crippen molar-refractivity contribution in [2.45, 2.75) is 13.0 Å². The summed E-state index contributed by atoms with van der Waals surface area (Å²) in [7, 11) is 0. The van der Waals surface area contributed by atoms with Crippen LogP contribution in [0, 0.1) is 5.82 Å². The summed E-state index contributed by atoms with van der Waals surface area (Å²) in [6.45, 7) is 4.40. The van der Waals surface area contributed by atoms with Gasteiger partial charge >= 0.3 is 0 Å². The summed E-state index contributed by atoms with van der Waals surface area (Å²) < 4.78 is 14.6. The fourth-order valence-electron chi connectivity index (χ4n) is 2.62. The minimum Gasteiger partial charge on any atom is -0.363 e. The molecule has 0 N–H and O–H groups in total. The maximum Gasteiger partial charge on any atom is 0.164 e. The molecular weight excluding hydrogens is 337 g/mol. The van der Waals surface area contributed by atoms with Crippen molar-refractivity contribution >= 4 is 27.4 Å². The Morgan fingerprint density at radius 3 is 2.90 bits per heavy atom. The van der Waals surface area contributed by atoms with Crippen LogP contribution in [0.3, 0.4) is 0 Å². The maximum absolute atomic E-state index is 13.9. The van der Waals surface area contributed by atoms with Gasteiger partial charge in [0, 0.05) is 37.9 Å². The quantitative estimate of drug-likeness (QED) is 0.777. The van der Waals surface area contributed by atoms with Crippen LogP contribution in [0.4, 0.5) is 15.9 Å². The molecule has 0 spiro atoms. The van der Waals surface area contributed by atoms with Gasteiger partial charge in [-0.25, -0.2) is 14.4 Å². The Balaban J connectivity index is 1.77. The zero-order chi connectivity index (χ0) is 14.8. The number of halogens is 2. The molecule has 5 nitrogen and oxygen atoms in total. The first kappa shape index (κ1) is 14.2. The average molecular weight is 352 g/mol. The number of nitrogens with zero attached hydrogens (tertiary/aromatic N) is 5. The van der Waals surface area contributed by atoms with Crippen molar-refractivity contribution in [1.29, 1.82) is 0 Å². The molecule has 0 bridgehead atoms. The number of pyridine rings is 1. The molecule has 2 aromatic rings. The van der Waals surface area contributed by atoms with Gasteiger partial charge in [-0.05, 0) is 28.9 Å². The monoisotopic (exact) mass is 351 g/mol. The topological polar surface area (TPSA) is 45.2 Å². The molecule has 2 aromatic heterocycles. The second kappa shape index (κ2) is 5.93. The van der Waals surface area contributed by atoms with Crippen molar-refractivity contribution in [2.24, 2.45) is 0 Å². The van der Waals surface area contributed by atoms with Gasteiger partial charge in [-0.3, -0.25) is 4.98 Å². The highest BCUT2D eigenvalue weighted by molar-refractivity contribution is 9.10. The van der Waals surface area contributed by atoms with Crippen molar-refractivity contribution in [3.05, 3.63) is 41.3 Å².